The highest BCUT2D eigenvalue weighted by molar-refractivity contribution is 6.38. The van der Waals surface area contributed by atoms with Crippen LogP contribution >= 0.6 is 11.6 Å². The van der Waals surface area contributed by atoms with Crippen molar-refractivity contribution in [3.05, 3.63) is 29.0 Å². The Morgan fingerprint density at radius 3 is 2.62 bits per heavy atom. The first kappa shape index (κ1) is 21.1. The number of imidazole rings is 1. The minimum atomic E-state index is -1.59. The number of carbonyl (C=O) groups excluding carboxylic acids is 3. The molecule has 3 aliphatic heterocycles. The number of imide groups is 2. The van der Waals surface area contributed by atoms with Crippen molar-refractivity contribution in [2.45, 2.75) is 38.5 Å². The number of aromatic nitrogens is 3. The number of ether oxygens (including phenoxy) is 1. The molecule has 1 aromatic carbocycles. The number of carbonyl (C=O) groups is 3. The standard InChI is InChI=1S/C22H21ClN6O5/c1-9-8-29-15-11(6-12-14(18-24-4-5-28(18)3)27-34-16(12)13(15)23)7-22(17(29)10(2)33-9)19(30)25-21(32)26-20(22)31/h4-6,9-10,17H,7-8H2,1-3H3,(H2,25,26,30,31,32)/t9-,10+,17-/m1/s1. The number of anilines is 1. The average Bonchev–Trinajstić information content (AvgIpc) is 3.37. The van der Waals surface area contributed by atoms with Crippen LogP contribution in [0.25, 0.3) is 22.5 Å². The summed E-state index contributed by atoms with van der Waals surface area (Å²) in [6, 6.07) is 0.327. The third-order valence-electron chi connectivity index (χ3n) is 7.00. The van der Waals surface area contributed by atoms with Crippen LogP contribution in [0.4, 0.5) is 10.5 Å². The van der Waals surface area contributed by atoms with Crippen molar-refractivity contribution < 1.29 is 23.6 Å². The van der Waals surface area contributed by atoms with E-state index >= 15 is 0 Å². The molecule has 0 saturated carbocycles. The van der Waals surface area contributed by atoms with Gasteiger partial charge in [0.15, 0.2) is 22.5 Å². The lowest BCUT2D eigenvalue weighted by atomic mass is 9.66. The third kappa shape index (κ3) is 2.65. The summed E-state index contributed by atoms with van der Waals surface area (Å²) in [5.74, 6) is -0.721. The third-order valence-corrected chi connectivity index (χ3v) is 7.35. The van der Waals surface area contributed by atoms with Gasteiger partial charge in [-0.05, 0) is 31.9 Å². The van der Waals surface area contributed by atoms with Gasteiger partial charge in [0.1, 0.15) is 5.02 Å². The Morgan fingerprint density at radius 1 is 1.21 bits per heavy atom. The van der Waals surface area contributed by atoms with E-state index in [1.165, 1.54) is 0 Å². The normalized spacial score (nSPS) is 25.8. The van der Waals surface area contributed by atoms with Crippen molar-refractivity contribution in [2.24, 2.45) is 12.5 Å². The molecular weight excluding hydrogens is 464 g/mol. The highest BCUT2D eigenvalue weighted by Crippen LogP contribution is 2.51. The van der Waals surface area contributed by atoms with Crippen LogP contribution in [0, 0.1) is 5.41 Å². The fraction of sp³-hybridized carbons (Fsp3) is 0.409. The number of fused-ring (bicyclic) bond motifs is 5. The Balaban J connectivity index is 1.61. The first-order chi connectivity index (χ1) is 16.2. The molecule has 3 atom stereocenters. The maximum absolute atomic E-state index is 13.3. The lowest BCUT2D eigenvalue weighted by molar-refractivity contribution is -0.153. The Bertz CT molecular complexity index is 1380. The van der Waals surface area contributed by atoms with Crippen LogP contribution in [0.15, 0.2) is 23.0 Å². The zero-order valence-electron chi connectivity index (χ0n) is 18.6. The van der Waals surface area contributed by atoms with Crippen molar-refractivity contribution in [2.75, 3.05) is 11.4 Å². The molecule has 1 spiro atoms. The number of halogens is 1. The molecule has 6 rings (SSSR count). The largest absolute Gasteiger partial charge is 0.372 e. The van der Waals surface area contributed by atoms with Crippen LogP contribution in [0.3, 0.4) is 0 Å². The van der Waals surface area contributed by atoms with Gasteiger partial charge in [0.2, 0.25) is 11.8 Å². The SMILES string of the molecule is C[C@@H]1CN2c3c(cc4c(-c5nccn5C)noc4c3Cl)CC3(C(=O)NC(=O)NC3=O)[C@H]2[C@H](C)O1. The lowest BCUT2D eigenvalue weighted by Gasteiger charge is -2.55. The number of morpholine rings is 1. The van der Waals surface area contributed by atoms with Crippen LogP contribution in [0.2, 0.25) is 5.02 Å². The van der Waals surface area contributed by atoms with Crippen LogP contribution in [-0.4, -0.2) is 57.3 Å². The lowest BCUT2D eigenvalue weighted by Crippen LogP contribution is -2.75. The Hall–Kier alpha value is -3.44. The second-order valence-corrected chi connectivity index (χ2v) is 9.48. The zero-order chi connectivity index (χ0) is 23.9. The maximum Gasteiger partial charge on any atom is 0.328 e. The first-order valence-corrected chi connectivity index (χ1v) is 11.3. The summed E-state index contributed by atoms with van der Waals surface area (Å²) in [5, 5.41) is 9.75. The number of barbiturate groups is 1. The average molecular weight is 485 g/mol. The van der Waals surface area contributed by atoms with Crippen LogP contribution < -0.4 is 15.5 Å². The van der Waals surface area contributed by atoms with E-state index in [1.807, 2.05) is 31.9 Å². The number of rotatable bonds is 1. The highest BCUT2D eigenvalue weighted by Gasteiger charge is 2.63. The molecule has 3 aromatic rings. The first-order valence-electron chi connectivity index (χ1n) is 10.9. The number of urea groups is 1. The summed E-state index contributed by atoms with van der Waals surface area (Å²) in [6.45, 7) is 4.12. The summed E-state index contributed by atoms with van der Waals surface area (Å²) >= 11 is 6.91. The molecule has 2 N–H and O–H groups in total. The predicted octanol–water partition coefficient (Wildman–Crippen LogP) is 1.77. The molecule has 3 aliphatic rings. The molecule has 2 aromatic heterocycles. The summed E-state index contributed by atoms with van der Waals surface area (Å²) < 4.78 is 13.5. The fourth-order valence-corrected chi connectivity index (χ4v) is 6.07. The van der Waals surface area contributed by atoms with Crippen molar-refractivity contribution in [1.29, 1.82) is 0 Å². The second kappa shape index (κ2) is 7.03. The van der Waals surface area contributed by atoms with Crippen molar-refractivity contribution >= 4 is 46.1 Å². The molecule has 2 fully saturated rings. The Kier molecular flexibility index (Phi) is 4.37. The summed E-state index contributed by atoms with van der Waals surface area (Å²) in [5.41, 5.74) is 0.658. The van der Waals surface area contributed by atoms with Crippen molar-refractivity contribution in [1.82, 2.24) is 25.3 Å². The minimum absolute atomic E-state index is 0.0252. The fourth-order valence-electron chi connectivity index (χ4n) is 5.70. The van der Waals surface area contributed by atoms with Gasteiger partial charge in [0.25, 0.3) is 0 Å². The molecule has 0 radical (unpaired) electrons. The summed E-state index contributed by atoms with van der Waals surface area (Å²) in [6.07, 6.45) is 2.79. The van der Waals surface area contributed by atoms with E-state index in [-0.39, 0.29) is 12.5 Å². The molecule has 0 unspecified atom stereocenters. The maximum atomic E-state index is 13.3. The van der Waals surface area contributed by atoms with Gasteiger partial charge in [-0.3, -0.25) is 20.2 Å². The number of nitrogens with one attached hydrogen (secondary N) is 2. The Morgan fingerprint density at radius 2 is 1.94 bits per heavy atom. The van der Waals surface area contributed by atoms with E-state index < -0.39 is 35.4 Å². The monoisotopic (exact) mass is 484 g/mol. The summed E-state index contributed by atoms with van der Waals surface area (Å²) in [7, 11) is 1.84. The van der Waals surface area contributed by atoms with E-state index in [4.69, 9.17) is 20.9 Å². The number of hydrogen-bond donors (Lipinski definition) is 2. The predicted molar refractivity (Wildman–Crippen MR) is 120 cm³/mol. The second-order valence-electron chi connectivity index (χ2n) is 9.10. The molecule has 0 aliphatic carbocycles. The zero-order valence-corrected chi connectivity index (χ0v) is 19.3. The number of nitrogens with zero attached hydrogens (tertiary/aromatic N) is 4. The molecular formula is C22H21ClN6O5. The molecule has 0 bridgehead atoms. The molecule has 12 heteroatoms. The van der Waals surface area contributed by atoms with E-state index in [0.29, 0.717) is 45.3 Å². The molecule has 4 amide bonds. The van der Waals surface area contributed by atoms with E-state index in [0.717, 1.165) is 0 Å². The van der Waals surface area contributed by atoms with Crippen molar-refractivity contribution in [3.8, 4) is 11.5 Å². The van der Waals surface area contributed by atoms with Gasteiger partial charge in [-0.25, -0.2) is 9.78 Å². The van der Waals surface area contributed by atoms with Crippen molar-refractivity contribution in [3.63, 3.8) is 0 Å². The van der Waals surface area contributed by atoms with Gasteiger partial charge in [-0.2, -0.15) is 0 Å². The van der Waals surface area contributed by atoms with Gasteiger partial charge in [-0.1, -0.05) is 16.8 Å². The van der Waals surface area contributed by atoms with E-state index in [1.54, 1.807) is 17.0 Å². The number of hydrogen-bond acceptors (Lipinski definition) is 8. The smallest absolute Gasteiger partial charge is 0.328 e. The quantitative estimate of drug-likeness (QED) is 0.499. The Labute approximate surface area is 198 Å². The summed E-state index contributed by atoms with van der Waals surface area (Å²) in [4.78, 5) is 44.8. The van der Waals surface area contributed by atoms with Gasteiger partial charge >= 0.3 is 6.03 Å². The van der Waals surface area contributed by atoms with Crippen LogP contribution in [0.5, 0.6) is 0 Å². The number of benzene rings is 1. The van der Waals surface area contributed by atoms with Crippen LogP contribution in [-0.2, 0) is 27.8 Å². The minimum Gasteiger partial charge on any atom is -0.372 e. The molecule has 5 heterocycles. The number of amides is 4. The molecule has 2 saturated heterocycles. The molecule has 34 heavy (non-hydrogen) atoms. The van der Waals surface area contributed by atoms with Gasteiger partial charge in [-0.15, -0.1) is 0 Å². The van der Waals surface area contributed by atoms with Gasteiger partial charge < -0.3 is 18.7 Å². The van der Waals surface area contributed by atoms with Crippen LogP contribution in [0.1, 0.15) is 19.4 Å². The topological polar surface area (TPSA) is 132 Å². The molecule has 176 valence electrons. The van der Waals surface area contributed by atoms with Gasteiger partial charge in [0, 0.05) is 26.0 Å². The van der Waals surface area contributed by atoms with Gasteiger partial charge in [0.05, 0.1) is 29.3 Å². The van der Waals surface area contributed by atoms with E-state index in [2.05, 4.69) is 20.8 Å². The number of aryl methyl sites for hydroxylation is 1. The van der Waals surface area contributed by atoms with E-state index in [9.17, 15) is 14.4 Å². The molecule has 11 nitrogen and oxygen atoms in total. The highest BCUT2D eigenvalue weighted by atomic mass is 35.5.